The monoisotopic (exact) mass is 336 g/mol. The van der Waals surface area contributed by atoms with Crippen LogP contribution in [0.15, 0.2) is 41.4 Å². The lowest BCUT2D eigenvalue weighted by atomic mass is 10.2. The smallest absolute Gasteiger partial charge is 0.254 e. The molecule has 0 aliphatic carbocycles. The van der Waals surface area contributed by atoms with Gasteiger partial charge in [-0.1, -0.05) is 5.16 Å². The standard InChI is InChI=1S/C14H16N4O4S/c19-14(12-1-4-15-5-2-12)17-6-8-18(9-7-17)23(20,21)11-13-3-10-22-16-13/h1-5,10H,6-9,11H2. The summed E-state index contributed by atoms with van der Waals surface area (Å²) in [5.74, 6) is -0.303. The molecule has 3 heterocycles. The first-order chi connectivity index (χ1) is 11.1. The molecule has 2 aromatic rings. The minimum Gasteiger partial charge on any atom is -0.364 e. The molecular formula is C14H16N4O4S. The van der Waals surface area contributed by atoms with E-state index in [1.165, 1.54) is 16.6 Å². The predicted molar refractivity (Wildman–Crippen MR) is 80.8 cm³/mol. The van der Waals surface area contributed by atoms with Crippen LogP contribution in [0.5, 0.6) is 0 Å². The molecule has 2 aromatic heterocycles. The van der Waals surface area contributed by atoms with Crippen molar-refractivity contribution in [3.05, 3.63) is 48.1 Å². The van der Waals surface area contributed by atoms with Crippen LogP contribution in [0.2, 0.25) is 0 Å². The molecule has 122 valence electrons. The fraction of sp³-hybridized carbons (Fsp3) is 0.357. The van der Waals surface area contributed by atoms with E-state index in [2.05, 4.69) is 14.7 Å². The Morgan fingerprint density at radius 3 is 2.43 bits per heavy atom. The second kappa shape index (κ2) is 6.47. The van der Waals surface area contributed by atoms with Gasteiger partial charge in [0, 0.05) is 50.2 Å². The summed E-state index contributed by atoms with van der Waals surface area (Å²) >= 11 is 0. The molecule has 3 rings (SSSR count). The second-order valence-electron chi connectivity index (χ2n) is 5.17. The largest absolute Gasteiger partial charge is 0.364 e. The van der Waals surface area contributed by atoms with Crippen LogP contribution in [0.1, 0.15) is 16.1 Å². The molecule has 1 aliphatic rings. The maximum Gasteiger partial charge on any atom is 0.254 e. The number of rotatable bonds is 4. The van der Waals surface area contributed by atoms with E-state index in [1.807, 2.05) is 0 Å². The third-order valence-electron chi connectivity index (χ3n) is 3.67. The lowest BCUT2D eigenvalue weighted by Gasteiger charge is -2.33. The lowest BCUT2D eigenvalue weighted by molar-refractivity contribution is 0.0697. The van der Waals surface area contributed by atoms with E-state index in [9.17, 15) is 13.2 Å². The summed E-state index contributed by atoms with van der Waals surface area (Å²) in [5.41, 5.74) is 0.930. The maximum atomic E-state index is 12.3. The van der Waals surface area contributed by atoms with Crippen LogP contribution >= 0.6 is 0 Å². The third-order valence-corrected chi connectivity index (χ3v) is 5.48. The van der Waals surface area contributed by atoms with Crippen molar-refractivity contribution in [2.45, 2.75) is 5.75 Å². The fourth-order valence-electron chi connectivity index (χ4n) is 2.44. The van der Waals surface area contributed by atoms with Gasteiger partial charge in [-0.25, -0.2) is 8.42 Å². The summed E-state index contributed by atoms with van der Waals surface area (Å²) in [4.78, 5) is 17.9. The van der Waals surface area contributed by atoms with Gasteiger partial charge in [0.2, 0.25) is 10.0 Å². The highest BCUT2D eigenvalue weighted by Crippen LogP contribution is 2.14. The summed E-state index contributed by atoms with van der Waals surface area (Å²) in [7, 11) is -3.46. The fourth-order valence-corrected chi connectivity index (χ4v) is 3.86. The van der Waals surface area contributed by atoms with Crippen molar-refractivity contribution in [1.29, 1.82) is 0 Å². The average Bonchev–Trinajstić information content (AvgIpc) is 3.07. The first kappa shape index (κ1) is 15.6. The quantitative estimate of drug-likeness (QED) is 0.800. The molecule has 8 nitrogen and oxygen atoms in total. The molecule has 9 heteroatoms. The summed E-state index contributed by atoms with van der Waals surface area (Å²) < 4.78 is 30.7. The molecule has 1 fully saturated rings. The molecule has 0 bridgehead atoms. The summed E-state index contributed by atoms with van der Waals surface area (Å²) in [6, 6.07) is 4.83. The lowest BCUT2D eigenvalue weighted by Crippen LogP contribution is -2.50. The van der Waals surface area contributed by atoms with E-state index in [0.29, 0.717) is 24.3 Å². The molecule has 0 atom stereocenters. The van der Waals surface area contributed by atoms with Crippen molar-refractivity contribution in [3.63, 3.8) is 0 Å². The molecule has 0 unspecified atom stereocenters. The number of carbonyl (C=O) groups is 1. The van der Waals surface area contributed by atoms with Gasteiger partial charge in [0.25, 0.3) is 5.91 Å². The number of hydrogen-bond acceptors (Lipinski definition) is 6. The van der Waals surface area contributed by atoms with Gasteiger partial charge in [-0.3, -0.25) is 9.78 Å². The minimum atomic E-state index is -3.46. The Hall–Kier alpha value is -2.26. The van der Waals surface area contributed by atoms with E-state index in [0.717, 1.165) is 0 Å². The Balaban J connectivity index is 1.61. The number of nitrogens with zero attached hydrogens (tertiary/aromatic N) is 4. The van der Waals surface area contributed by atoms with Crippen LogP contribution in [-0.2, 0) is 15.8 Å². The van der Waals surface area contributed by atoms with Crippen molar-refractivity contribution in [2.24, 2.45) is 0 Å². The third kappa shape index (κ3) is 3.57. The van der Waals surface area contributed by atoms with Crippen LogP contribution in [0.4, 0.5) is 0 Å². The number of carbonyl (C=O) groups excluding carboxylic acids is 1. The minimum absolute atomic E-state index is 0.110. The summed E-state index contributed by atoms with van der Waals surface area (Å²) in [5, 5.41) is 3.63. The van der Waals surface area contributed by atoms with Crippen LogP contribution in [0, 0.1) is 0 Å². The van der Waals surface area contributed by atoms with Gasteiger partial charge < -0.3 is 9.42 Å². The van der Waals surface area contributed by atoms with Crippen molar-refractivity contribution in [3.8, 4) is 0 Å². The Kier molecular flexibility index (Phi) is 4.39. The molecule has 1 aliphatic heterocycles. The second-order valence-corrected chi connectivity index (χ2v) is 7.14. The van der Waals surface area contributed by atoms with Crippen LogP contribution in [0.25, 0.3) is 0 Å². The number of hydrogen-bond donors (Lipinski definition) is 0. The molecule has 0 aromatic carbocycles. The van der Waals surface area contributed by atoms with E-state index in [4.69, 9.17) is 0 Å². The number of pyridine rings is 1. The molecular weight excluding hydrogens is 320 g/mol. The normalized spacial score (nSPS) is 16.4. The zero-order valence-electron chi connectivity index (χ0n) is 12.3. The molecule has 0 saturated carbocycles. The Labute approximate surface area is 133 Å². The van der Waals surface area contributed by atoms with E-state index in [1.54, 1.807) is 29.4 Å². The van der Waals surface area contributed by atoms with E-state index < -0.39 is 10.0 Å². The average molecular weight is 336 g/mol. The number of piperazine rings is 1. The summed E-state index contributed by atoms with van der Waals surface area (Å²) in [6.07, 6.45) is 4.47. The van der Waals surface area contributed by atoms with Gasteiger partial charge in [0.1, 0.15) is 12.0 Å². The van der Waals surface area contributed by atoms with Crippen LogP contribution < -0.4 is 0 Å². The molecule has 1 amide bonds. The number of sulfonamides is 1. The molecule has 0 spiro atoms. The zero-order chi connectivity index (χ0) is 16.3. The SMILES string of the molecule is O=C(c1ccncc1)N1CCN(S(=O)(=O)Cc2ccon2)CC1. The molecule has 1 saturated heterocycles. The first-order valence-corrected chi connectivity index (χ1v) is 8.73. The molecule has 23 heavy (non-hydrogen) atoms. The van der Waals surface area contributed by atoms with Crippen molar-refractivity contribution < 1.29 is 17.7 Å². The Bertz CT molecular complexity index is 753. The van der Waals surface area contributed by atoms with E-state index in [-0.39, 0.29) is 24.7 Å². The van der Waals surface area contributed by atoms with Gasteiger partial charge in [0.15, 0.2) is 0 Å². The number of aromatic nitrogens is 2. The van der Waals surface area contributed by atoms with Crippen LogP contribution in [0.3, 0.4) is 0 Å². The maximum absolute atomic E-state index is 12.3. The highest BCUT2D eigenvalue weighted by molar-refractivity contribution is 7.88. The van der Waals surface area contributed by atoms with Gasteiger partial charge in [-0.2, -0.15) is 4.31 Å². The topological polar surface area (TPSA) is 96.6 Å². The highest BCUT2D eigenvalue weighted by Gasteiger charge is 2.29. The van der Waals surface area contributed by atoms with Gasteiger partial charge in [0.05, 0.1) is 5.69 Å². The first-order valence-electron chi connectivity index (χ1n) is 7.13. The van der Waals surface area contributed by atoms with E-state index >= 15 is 0 Å². The van der Waals surface area contributed by atoms with Gasteiger partial charge >= 0.3 is 0 Å². The van der Waals surface area contributed by atoms with Crippen molar-refractivity contribution in [1.82, 2.24) is 19.3 Å². The van der Waals surface area contributed by atoms with Crippen LogP contribution in [-0.4, -0.2) is 59.8 Å². The van der Waals surface area contributed by atoms with Gasteiger partial charge in [-0.05, 0) is 12.1 Å². The number of amides is 1. The Morgan fingerprint density at radius 1 is 1.13 bits per heavy atom. The van der Waals surface area contributed by atoms with Gasteiger partial charge in [-0.15, -0.1) is 0 Å². The summed E-state index contributed by atoms with van der Waals surface area (Å²) in [6.45, 7) is 1.27. The predicted octanol–water partition coefficient (Wildman–Crippen LogP) is 0.357. The van der Waals surface area contributed by atoms with Crippen molar-refractivity contribution >= 4 is 15.9 Å². The highest BCUT2D eigenvalue weighted by atomic mass is 32.2. The molecule has 0 N–H and O–H groups in total. The molecule has 0 radical (unpaired) electrons. The zero-order valence-corrected chi connectivity index (χ0v) is 13.1. The Morgan fingerprint density at radius 2 is 1.83 bits per heavy atom. The van der Waals surface area contributed by atoms with Crippen molar-refractivity contribution in [2.75, 3.05) is 26.2 Å².